The molecular weight excluding hydrogens is 240 g/mol. The summed E-state index contributed by atoms with van der Waals surface area (Å²) in [5.74, 6) is -0.261. The van der Waals surface area contributed by atoms with Crippen LogP contribution in [-0.2, 0) is 22.5 Å². The second kappa shape index (κ2) is 6.11. The van der Waals surface area contributed by atoms with Crippen molar-refractivity contribution in [2.45, 2.75) is 13.0 Å². The lowest BCUT2D eigenvalue weighted by molar-refractivity contribution is -0.139. The van der Waals surface area contributed by atoms with Crippen LogP contribution in [0.5, 0.6) is 0 Å². The predicted molar refractivity (Wildman–Crippen MR) is 72.1 cm³/mol. The number of hydrogen-bond acceptors (Lipinski definition) is 4. The van der Waals surface area contributed by atoms with Gasteiger partial charge < -0.3 is 10.5 Å². The van der Waals surface area contributed by atoms with E-state index in [9.17, 15) is 4.79 Å². The summed E-state index contributed by atoms with van der Waals surface area (Å²) >= 11 is 0. The first-order chi connectivity index (χ1) is 9.24. The molecule has 0 aliphatic heterocycles. The van der Waals surface area contributed by atoms with Crippen LogP contribution in [0.4, 0.5) is 0 Å². The van der Waals surface area contributed by atoms with Crippen molar-refractivity contribution in [1.82, 2.24) is 4.98 Å². The quantitative estimate of drug-likeness (QED) is 0.845. The SMILES string of the molecule is COC(=O)Cc1ccc(-c2cc[c]cn2)c(CN)c1. The lowest BCUT2D eigenvalue weighted by Gasteiger charge is -2.09. The number of carbonyl (C=O) groups is 1. The summed E-state index contributed by atoms with van der Waals surface area (Å²) in [6.07, 6.45) is 1.87. The average Bonchev–Trinajstić information content (AvgIpc) is 2.47. The minimum absolute atomic E-state index is 0.250. The molecule has 97 valence electrons. The molecular formula is C15H15N2O2. The Labute approximate surface area is 112 Å². The molecule has 19 heavy (non-hydrogen) atoms. The maximum atomic E-state index is 11.3. The smallest absolute Gasteiger partial charge is 0.309 e. The molecule has 2 N–H and O–H groups in total. The summed E-state index contributed by atoms with van der Waals surface area (Å²) in [5.41, 5.74) is 9.44. The van der Waals surface area contributed by atoms with Gasteiger partial charge in [-0.1, -0.05) is 24.3 Å². The van der Waals surface area contributed by atoms with E-state index in [4.69, 9.17) is 5.73 Å². The third-order valence-corrected chi connectivity index (χ3v) is 2.86. The molecule has 0 saturated heterocycles. The first-order valence-electron chi connectivity index (χ1n) is 5.95. The number of methoxy groups -OCH3 is 1. The van der Waals surface area contributed by atoms with Crippen LogP contribution in [0.25, 0.3) is 11.3 Å². The number of nitrogens with zero attached hydrogens (tertiary/aromatic N) is 1. The van der Waals surface area contributed by atoms with E-state index < -0.39 is 0 Å². The van der Waals surface area contributed by atoms with Crippen molar-refractivity contribution in [3.63, 3.8) is 0 Å². The van der Waals surface area contributed by atoms with Crippen LogP contribution in [0, 0.1) is 6.07 Å². The van der Waals surface area contributed by atoms with Crippen molar-refractivity contribution in [2.75, 3.05) is 7.11 Å². The molecule has 0 aliphatic rings. The van der Waals surface area contributed by atoms with Crippen molar-refractivity contribution >= 4 is 5.97 Å². The highest BCUT2D eigenvalue weighted by atomic mass is 16.5. The van der Waals surface area contributed by atoms with Gasteiger partial charge in [0.15, 0.2) is 0 Å². The molecule has 2 aromatic rings. The second-order valence-electron chi connectivity index (χ2n) is 4.09. The number of hydrogen-bond donors (Lipinski definition) is 1. The van der Waals surface area contributed by atoms with Gasteiger partial charge in [-0.25, -0.2) is 0 Å². The van der Waals surface area contributed by atoms with Crippen LogP contribution in [0.1, 0.15) is 11.1 Å². The number of aromatic nitrogens is 1. The molecule has 2 rings (SSSR count). The van der Waals surface area contributed by atoms with Crippen molar-refractivity contribution in [3.8, 4) is 11.3 Å². The largest absolute Gasteiger partial charge is 0.469 e. The summed E-state index contributed by atoms with van der Waals surface area (Å²) in [6.45, 7) is 0.393. The molecule has 0 spiro atoms. The maximum Gasteiger partial charge on any atom is 0.309 e. The van der Waals surface area contributed by atoms with Crippen molar-refractivity contribution in [1.29, 1.82) is 0 Å². The molecule has 0 atom stereocenters. The fourth-order valence-corrected chi connectivity index (χ4v) is 1.89. The third kappa shape index (κ3) is 3.17. The average molecular weight is 255 g/mol. The first-order valence-corrected chi connectivity index (χ1v) is 5.95. The van der Waals surface area contributed by atoms with Crippen LogP contribution in [0.3, 0.4) is 0 Å². The Balaban J connectivity index is 2.34. The third-order valence-electron chi connectivity index (χ3n) is 2.86. The van der Waals surface area contributed by atoms with Gasteiger partial charge in [-0.15, -0.1) is 0 Å². The highest BCUT2D eigenvalue weighted by Gasteiger charge is 2.08. The topological polar surface area (TPSA) is 65.2 Å². The number of nitrogens with two attached hydrogens (primary N) is 1. The number of carbonyl (C=O) groups excluding carboxylic acids is 1. The molecule has 0 unspecified atom stereocenters. The second-order valence-corrected chi connectivity index (χ2v) is 4.09. The minimum atomic E-state index is -0.261. The molecule has 4 heteroatoms. The zero-order chi connectivity index (χ0) is 13.7. The zero-order valence-corrected chi connectivity index (χ0v) is 10.7. The number of rotatable bonds is 4. The summed E-state index contributed by atoms with van der Waals surface area (Å²) in [7, 11) is 1.38. The van der Waals surface area contributed by atoms with Crippen LogP contribution >= 0.6 is 0 Å². The van der Waals surface area contributed by atoms with Gasteiger partial charge in [0.05, 0.1) is 19.2 Å². The Morgan fingerprint density at radius 2 is 2.26 bits per heavy atom. The van der Waals surface area contributed by atoms with Crippen molar-refractivity contribution < 1.29 is 9.53 Å². The number of benzene rings is 1. The Morgan fingerprint density at radius 3 is 2.89 bits per heavy atom. The monoisotopic (exact) mass is 255 g/mol. The zero-order valence-electron chi connectivity index (χ0n) is 10.7. The lowest BCUT2D eigenvalue weighted by atomic mass is 9.99. The summed E-state index contributed by atoms with van der Waals surface area (Å²) < 4.78 is 4.66. The summed E-state index contributed by atoms with van der Waals surface area (Å²) in [4.78, 5) is 15.5. The van der Waals surface area contributed by atoms with Crippen LogP contribution in [0.15, 0.2) is 36.5 Å². The minimum Gasteiger partial charge on any atom is -0.469 e. The van der Waals surface area contributed by atoms with Gasteiger partial charge in [0.1, 0.15) is 0 Å². The van der Waals surface area contributed by atoms with E-state index in [0.29, 0.717) is 6.54 Å². The van der Waals surface area contributed by atoms with Gasteiger partial charge in [0, 0.05) is 24.4 Å². The Hall–Kier alpha value is -2.20. The predicted octanol–water partition coefficient (Wildman–Crippen LogP) is 1.72. The molecule has 0 amide bonds. The molecule has 0 saturated carbocycles. The molecule has 0 aliphatic carbocycles. The Kier molecular flexibility index (Phi) is 4.26. The number of ether oxygens (including phenoxy) is 1. The van der Waals surface area contributed by atoms with Gasteiger partial charge in [0.25, 0.3) is 0 Å². The summed E-state index contributed by atoms with van der Waals surface area (Å²) in [6, 6.07) is 12.3. The molecule has 4 nitrogen and oxygen atoms in total. The molecule has 1 aromatic heterocycles. The van der Waals surface area contributed by atoms with Gasteiger partial charge >= 0.3 is 5.97 Å². The van der Waals surface area contributed by atoms with Gasteiger partial charge in [-0.05, 0) is 17.2 Å². The lowest BCUT2D eigenvalue weighted by Crippen LogP contribution is -2.06. The summed E-state index contributed by atoms with van der Waals surface area (Å²) in [5, 5.41) is 0. The fraction of sp³-hybridized carbons (Fsp3) is 0.200. The molecule has 1 heterocycles. The maximum absolute atomic E-state index is 11.3. The first kappa shape index (κ1) is 13.2. The molecule has 1 aromatic carbocycles. The highest BCUT2D eigenvalue weighted by Crippen LogP contribution is 2.22. The van der Waals surface area contributed by atoms with E-state index >= 15 is 0 Å². The van der Waals surface area contributed by atoms with Crippen LogP contribution < -0.4 is 5.73 Å². The standard InChI is InChI=1S/C15H15N2O2/c1-19-15(18)9-11-5-6-13(12(8-11)10-16)14-4-2-3-7-17-14/h2,4-8H,9-10,16H2,1H3. The van der Waals surface area contributed by atoms with E-state index in [0.717, 1.165) is 22.4 Å². The van der Waals surface area contributed by atoms with Gasteiger partial charge in [-0.2, -0.15) is 0 Å². The van der Waals surface area contributed by atoms with Crippen LogP contribution in [0.2, 0.25) is 0 Å². The van der Waals surface area contributed by atoms with E-state index in [1.54, 1.807) is 6.20 Å². The van der Waals surface area contributed by atoms with E-state index in [-0.39, 0.29) is 12.4 Å². The van der Waals surface area contributed by atoms with Crippen molar-refractivity contribution in [2.24, 2.45) is 5.73 Å². The Bertz CT molecular complexity index is 568. The van der Waals surface area contributed by atoms with Crippen LogP contribution in [-0.4, -0.2) is 18.1 Å². The normalized spacial score (nSPS) is 10.2. The Morgan fingerprint density at radius 1 is 1.42 bits per heavy atom. The van der Waals surface area contributed by atoms with E-state index in [1.165, 1.54) is 7.11 Å². The highest BCUT2D eigenvalue weighted by molar-refractivity contribution is 5.73. The number of esters is 1. The van der Waals surface area contributed by atoms with Crippen molar-refractivity contribution in [3.05, 3.63) is 53.7 Å². The van der Waals surface area contributed by atoms with Gasteiger partial charge in [-0.3, -0.25) is 9.78 Å². The fourth-order valence-electron chi connectivity index (χ4n) is 1.89. The van der Waals surface area contributed by atoms with E-state index in [2.05, 4.69) is 15.8 Å². The molecule has 0 fully saturated rings. The number of pyridine rings is 1. The van der Waals surface area contributed by atoms with Gasteiger partial charge in [0.2, 0.25) is 0 Å². The molecule has 0 bridgehead atoms. The van der Waals surface area contributed by atoms with E-state index in [1.807, 2.05) is 30.3 Å². The molecule has 1 radical (unpaired) electrons.